The Balaban J connectivity index is 0.000001000. The SMILES string of the molecule is Cl.Cl.c1cc2c(cc1OCCC1CNCCN1)OCO2. The summed E-state index contributed by atoms with van der Waals surface area (Å²) in [5.41, 5.74) is 0. The minimum Gasteiger partial charge on any atom is -0.493 e. The number of fused-ring (bicyclic) bond motifs is 1. The number of ether oxygens (including phenoxy) is 3. The van der Waals surface area contributed by atoms with Crippen molar-refractivity contribution in [3.05, 3.63) is 18.2 Å². The van der Waals surface area contributed by atoms with Crippen LogP contribution in [0.3, 0.4) is 0 Å². The largest absolute Gasteiger partial charge is 0.493 e. The van der Waals surface area contributed by atoms with Gasteiger partial charge in [0.05, 0.1) is 6.61 Å². The van der Waals surface area contributed by atoms with Crippen molar-refractivity contribution in [2.24, 2.45) is 0 Å². The molecule has 1 aromatic rings. The maximum atomic E-state index is 5.73. The molecule has 20 heavy (non-hydrogen) atoms. The van der Waals surface area contributed by atoms with Crippen LogP contribution in [0.5, 0.6) is 17.2 Å². The number of hydrogen-bond donors (Lipinski definition) is 2. The van der Waals surface area contributed by atoms with Gasteiger partial charge >= 0.3 is 0 Å². The standard InChI is InChI=1S/C13H18N2O3.2ClH/c1-2-12-13(18-9-17-12)7-11(1)16-6-3-10-8-14-4-5-15-10;;/h1-2,7,10,14-15H,3-6,8-9H2;2*1H. The van der Waals surface area contributed by atoms with Gasteiger partial charge in [-0.05, 0) is 18.6 Å². The van der Waals surface area contributed by atoms with Gasteiger partial charge in [-0.25, -0.2) is 0 Å². The third-order valence-corrected chi connectivity index (χ3v) is 3.20. The monoisotopic (exact) mass is 322 g/mol. The number of piperazine rings is 1. The van der Waals surface area contributed by atoms with Gasteiger partial charge in [0.2, 0.25) is 6.79 Å². The molecule has 1 saturated heterocycles. The Morgan fingerprint density at radius 2 is 2.00 bits per heavy atom. The second-order valence-corrected chi connectivity index (χ2v) is 4.51. The normalized spacial score (nSPS) is 19.7. The fourth-order valence-corrected chi connectivity index (χ4v) is 2.20. The van der Waals surface area contributed by atoms with Crippen molar-refractivity contribution in [3.63, 3.8) is 0 Å². The zero-order chi connectivity index (χ0) is 12.2. The van der Waals surface area contributed by atoms with E-state index in [4.69, 9.17) is 14.2 Å². The zero-order valence-corrected chi connectivity index (χ0v) is 12.7. The first kappa shape index (κ1) is 17.2. The van der Waals surface area contributed by atoms with E-state index in [-0.39, 0.29) is 24.8 Å². The second-order valence-electron chi connectivity index (χ2n) is 4.51. The molecular formula is C13H20Cl2N2O3. The van der Waals surface area contributed by atoms with Crippen molar-refractivity contribution in [2.75, 3.05) is 33.0 Å². The molecule has 1 fully saturated rings. The van der Waals surface area contributed by atoms with Gasteiger partial charge in [0.1, 0.15) is 5.75 Å². The average Bonchev–Trinajstić information content (AvgIpc) is 2.87. The highest BCUT2D eigenvalue weighted by atomic mass is 35.5. The Kier molecular flexibility index (Phi) is 7.23. The molecule has 2 heterocycles. The topological polar surface area (TPSA) is 51.8 Å². The molecule has 0 amide bonds. The summed E-state index contributed by atoms with van der Waals surface area (Å²) in [7, 11) is 0. The van der Waals surface area contributed by atoms with E-state index in [0.717, 1.165) is 43.3 Å². The highest BCUT2D eigenvalue weighted by molar-refractivity contribution is 5.85. The molecule has 2 N–H and O–H groups in total. The number of halogens is 2. The molecule has 0 spiro atoms. The van der Waals surface area contributed by atoms with Crippen LogP contribution >= 0.6 is 24.8 Å². The summed E-state index contributed by atoms with van der Waals surface area (Å²) in [6, 6.07) is 6.19. The molecule has 1 atom stereocenters. The molecule has 0 aliphatic carbocycles. The molecule has 3 rings (SSSR count). The Hall–Kier alpha value is -0.880. The molecule has 0 bridgehead atoms. The highest BCUT2D eigenvalue weighted by Gasteiger charge is 2.14. The summed E-state index contributed by atoms with van der Waals surface area (Å²) in [6.45, 7) is 4.12. The van der Waals surface area contributed by atoms with Crippen LogP contribution in [-0.4, -0.2) is 39.1 Å². The van der Waals surface area contributed by atoms with E-state index < -0.39 is 0 Å². The van der Waals surface area contributed by atoms with Gasteiger partial charge in [-0.2, -0.15) is 0 Å². The highest BCUT2D eigenvalue weighted by Crippen LogP contribution is 2.35. The smallest absolute Gasteiger partial charge is 0.231 e. The van der Waals surface area contributed by atoms with Crippen molar-refractivity contribution in [2.45, 2.75) is 12.5 Å². The van der Waals surface area contributed by atoms with E-state index >= 15 is 0 Å². The minimum absolute atomic E-state index is 0. The molecular weight excluding hydrogens is 303 g/mol. The fraction of sp³-hybridized carbons (Fsp3) is 0.538. The van der Waals surface area contributed by atoms with Gasteiger partial charge in [-0.1, -0.05) is 0 Å². The Morgan fingerprint density at radius 1 is 1.15 bits per heavy atom. The number of hydrogen-bond acceptors (Lipinski definition) is 5. The lowest BCUT2D eigenvalue weighted by molar-refractivity contribution is 0.173. The molecule has 2 aliphatic rings. The number of nitrogens with one attached hydrogen (secondary N) is 2. The van der Waals surface area contributed by atoms with Gasteiger partial charge in [-0.3, -0.25) is 0 Å². The summed E-state index contributed by atoms with van der Waals surface area (Å²) in [5.74, 6) is 2.40. The van der Waals surface area contributed by atoms with Crippen molar-refractivity contribution >= 4 is 24.8 Å². The Labute approximate surface area is 131 Å². The number of benzene rings is 1. The predicted molar refractivity (Wildman–Crippen MR) is 81.8 cm³/mol. The summed E-state index contributed by atoms with van der Waals surface area (Å²) < 4.78 is 16.3. The van der Waals surface area contributed by atoms with Crippen LogP contribution in [0.4, 0.5) is 0 Å². The number of rotatable bonds is 4. The molecule has 114 valence electrons. The lowest BCUT2D eigenvalue weighted by Gasteiger charge is -2.24. The lowest BCUT2D eigenvalue weighted by atomic mass is 10.2. The average molecular weight is 323 g/mol. The van der Waals surface area contributed by atoms with Crippen molar-refractivity contribution < 1.29 is 14.2 Å². The summed E-state index contributed by atoms with van der Waals surface area (Å²) in [6.07, 6.45) is 1.00. The lowest BCUT2D eigenvalue weighted by Crippen LogP contribution is -2.48. The van der Waals surface area contributed by atoms with Crippen LogP contribution in [0.15, 0.2) is 18.2 Å². The second kappa shape index (κ2) is 8.42. The van der Waals surface area contributed by atoms with Crippen molar-refractivity contribution in [3.8, 4) is 17.2 Å². The molecule has 0 radical (unpaired) electrons. The van der Waals surface area contributed by atoms with E-state index in [1.807, 2.05) is 18.2 Å². The Morgan fingerprint density at radius 3 is 2.80 bits per heavy atom. The molecule has 7 heteroatoms. The van der Waals surface area contributed by atoms with Crippen LogP contribution in [0, 0.1) is 0 Å². The molecule has 1 unspecified atom stereocenters. The van der Waals surface area contributed by atoms with Gasteiger partial charge in [0.25, 0.3) is 0 Å². The maximum absolute atomic E-state index is 5.73. The predicted octanol–water partition coefficient (Wildman–Crippen LogP) is 1.59. The molecule has 5 nitrogen and oxygen atoms in total. The summed E-state index contributed by atoms with van der Waals surface area (Å²) in [4.78, 5) is 0. The molecule has 1 aromatic carbocycles. The first-order valence-corrected chi connectivity index (χ1v) is 6.38. The molecule has 2 aliphatic heterocycles. The van der Waals surface area contributed by atoms with E-state index in [2.05, 4.69) is 10.6 Å². The van der Waals surface area contributed by atoms with Crippen molar-refractivity contribution in [1.29, 1.82) is 0 Å². The van der Waals surface area contributed by atoms with Gasteiger partial charge in [0, 0.05) is 31.7 Å². The molecule has 0 saturated carbocycles. The van der Waals surface area contributed by atoms with Crippen LogP contribution in [-0.2, 0) is 0 Å². The van der Waals surface area contributed by atoms with Gasteiger partial charge in [0.15, 0.2) is 11.5 Å². The van der Waals surface area contributed by atoms with E-state index in [0.29, 0.717) is 19.4 Å². The summed E-state index contributed by atoms with van der Waals surface area (Å²) >= 11 is 0. The quantitative estimate of drug-likeness (QED) is 0.881. The fourth-order valence-electron chi connectivity index (χ4n) is 2.20. The van der Waals surface area contributed by atoms with Crippen LogP contribution in [0.1, 0.15) is 6.42 Å². The van der Waals surface area contributed by atoms with Gasteiger partial charge in [-0.15, -0.1) is 24.8 Å². The first-order chi connectivity index (χ1) is 8.92. The van der Waals surface area contributed by atoms with Crippen LogP contribution in [0.25, 0.3) is 0 Å². The maximum Gasteiger partial charge on any atom is 0.231 e. The Bertz CT molecular complexity index is 415. The van der Waals surface area contributed by atoms with Crippen molar-refractivity contribution in [1.82, 2.24) is 10.6 Å². The van der Waals surface area contributed by atoms with E-state index in [9.17, 15) is 0 Å². The van der Waals surface area contributed by atoms with Crippen LogP contribution < -0.4 is 24.8 Å². The van der Waals surface area contributed by atoms with Crippen LogP contribution in [0.2, 0.25) is 0 Å². The van der Waals surface area contributed by atoms with E-state index in [1.54, 1.807) is 0 Å². The third-order valence-electron chi connectivity index (χ3n) is 3.20. The third kappa shape index (κ3) is 4.31. The summed E-state index contributed by atoms with van der Waals surface area (Å²) in [5, 5.41) is 6.82. The zero-order valence-electron chi connectivity index (χ0n) is 11.1. The van der Waals surface area contributed by atoms with Gasteiger partial charge < -0.3 is 24.8 Å². The minimum atomic E-state index is 0. The first-order valence-electron chi connectivity index (χ1n) is 6.38. The van der Waals surface area contributed by atoms with E-state index in [1.165, 1.54) is 0 Å². The molecule has 0 aromatic heterocycles.